The molecule has 4 N–H and O–H groups in total. The number of nitrogens with zero attached hydrogens (tertiary/aromatic N) is 6. The topological polar surface area (TPSA) is 118 Å². The Morgan fingerprint density at radius 3 is 2.75 bits per heavy atom. The first-order chi connectivity index (χ1) is 16.7. The summed E-state index contributed by atoms with van der Waals surface area (Å²) in [6.07, 6.45) is 9.70. The number of aliphatic hydroxyl groups is 1. The van der Waals surface area contributed by atoms with E-state index in [9.17, 15) is 5.11 Å². The Morgan fingerprint density at radius 1 is 1.19 bits per heavy atom. The molecule has 0 bridgehead atoms. The molecule has 1 saturated carbocycles. The molecule has 4 heterocycles. The third-order valence-electron chi connectivity index (χ3n) is 6.63. The predicted molar refractivity (Wildman–Crippen MR) is 125 cm³/mol. The first-order valence-corrected chi connectivity index (χ1v) is 11.4. The Bertz CT molecular complexity index is 1210. The molecule has 0 spiro atoms. The number of rotatable bonds is 5. The summed E-state index contributed by atoms with van der Waals surface area (Å²) >= 11 is 0. The van der Waals surface area contributed by atoms with Crippen LogP contribution in [0.4, 0.5) is 11.6 Å². The number of aliphatic hydroxyl groups excluding tert-OH is 1. The molecule has 0 radical (unpaired) electrons. The SMILES string of the molecule is [2H]C([2H])([2H])N1CCC(n2cc(-c3cnc(N)c4nc(CC)c(N[C@@H]5CC[C@H](O)C5)nc34)cn2)CC1. The molecule has 0 unspecified atom stereocenters. The fourth-order valence-corrected chi connectivity index (χ4v) is 4.76. The van der Waals surface area contributed by atoms with Gasteiger partial charge in [0.2, 0.25) is 0 Å². The molecule has 3 aromatic heterocycles. The molecule has 3 aromatic rings. The zero-order valence-electron chi connectivity index (χ0n) is 21.3. The molecule has 1 aliphatic carbocycles. The maximum absolute atomic E-state index is 9.93. The molecule has 1 aliphatic heterocycles. The van der Waals surface area contributed by atoms with Crippen LogP contribution in [0.3, 0.4) is 0 Å². The number of anilines is 2. The van der Waals surface area contributed by atoms with Crippen molar-refractivity contribution in [1.82, 2.24) is 29.6 Å². The van der Waals surface area contributed by atoms with Crippen molar-refractivity contribution in [2.45, 2.75) is 63.6 Å². The number of nitrogens with one attached hydrogen (secondary N) is 1. The maximum Gasteiger partial charge on any atom is 0.151 e. The Hall–Kier alpha value is -2.78. The number of nitrogens with two attached hydrogens (primary N) is 1. The Kier molecular flexibility index (Phi) is 4.78. The van der Waals surface area contributed by atoms with Crippen LogP contribution in [-0.4, -0.2) is 67.0 Å². The van der Waals surface area contributed by atoms with E-state index in [0.717, 1.165) is 48.3 Å². The molecule has 2 fully saturated rings. The number of hydrogen-bond donors (Lipinski definition) is 3. The van der Waals surface area contributed by atoms with E-state index in [1.165, 1.54) is 0 Å². The quantitative estimate of drug-likeness (QED) is 0.555. The lowest BCUT2D eigenvalue weighted by Gasteiger charge is -2.28. The lowest BCUT2D eigenvalue weighted by molar-refractivity contribution is 0.182. The first-order valence-electron chi connectivity index (χ1n) is 12.9. The number of pyridine rings is 1. The van der Waals surface area contributed by atoms with Crippen molar-refractivity contribution in [3.05, 3.63) is 24.3 Å². The van der Waals surface area contributed by atoms with E-state index in [1.807, 2.05) is 17.8 Å². The highest BCUT2D eigenvalue weighted by molar-refractivity contribution is 5.96. The summed E-state index contributed by atoms with van der Waals surface area (Å²) in [4.78, 5) is 15.7. The van der Waals surface area contributed by atoms with Gasteiger partial charge in [-0.25, -0.2) is 15.0 Å². The number of aromatic nitrogens is 5. The van der Waals surface area contributed by atoms with Gasteiger partial charge in [-0.1, -0.05) is 6.92 Å². The number of piperidine rings is 1. The van der Waals surface area contributed by atoms with Crippen molar-refractivity contribution in [3.63, 3.8) is 0 Å². The molecule has 2 aliphatic rings. The Labute approximate surface area is 192 Å². The smallest absolute Gasteiger partial charge is 0.151 e. The highest BCUT2D eigenvalue weighted by atomic mass is 16.3. The van der Waals surface area contributed by atoms with Crippen LogP contribution in [0.25, 0.3) is 22.2 Å². The van der Waals surface area contributed by atoms with E-state index in [0.29, 0.717) is 42.8 Å². The number of fused-ring (bicyclic) bond motifs is 1. The summed E-state index contributed by atoms with van der Waals surface area (Å²) in [6, 6.07) is 0.298. The van der Waals surface area contributed by atoms with Crippen molar-refractivity contribution in [2.24, 2.45) is 0 Å². The van der Waals surface area contributed by atoms with Crippen LogP contribution in [0, 0.1) is 0 Å². The third kappa shape index (κ3) is 4.02. The van der Waals surface area contributed by atoms with Crippen molar-refractivity contribution in [3.8, 4) is 11.1 Å². The number of nitrogen functional groups attached to an aromatic ring is 1. The Balaban J connectivity index is 1.45. The molecule has 170 valence electrons. The van der Waals surface area contributed by atoms with Gasteiger partial charge in [0, 0.05) is 33.7 Å². The molecule has 9 nitrogen and oxygen atoms in total. The molecule has 5 rings (SSSR count). The average Bonchev–Trinajstić information content (AvgIpc) is 3.48. The fraction of sp³-hybridized carbons (Fsp3) is 0.565. The molecule has 9 heteroatoms. The minimum absolute atomic E-state index is 0.138. The fourth-order valence-electron chi connectivity index (χ4n) is 4.76. The average molecular weight is 440 g/mol. The van der Waals surface area contributed by atoms with Crippen molar-refractivity contribution >= 4 is 22.7 Å². The van der Waals surface area contributed by atoms with Gasteiger partial charge in [-0.2, -0.15) is 5.10 Å². The van der Waals surface area contributed by atoms with Gasteiger partial charge in [-0.3, -0.25) is 4.68 Å². The van der Waals surface area contributed by atoms with E-state index in [1.54, 1.807) is 17.3 Å². The van der Waals surface area contributed by atoms with Gasteiger partial charge >= 0.3 is 0 Å². The van der Waals surface area contributed by atoms with E-state index in [2.05, 4.69) is 15.4 Å². The highest BCUT2D eigenvalue weighted by Gasteiger charge is 2.25. The highest BCUT2D eigenvalue weighted by Crippen LogP contribution is 2.32. The van der Waals surface area contributed by atoms with Crippen LogP contribution in [0.5, 0.6) is 0 Å². The zero-order valence-corrected chi connectivity index (χ0v) is 18.3. The van der Waals surface area contributed by atoms with Gasteiger partial charge < -0.3 is 21.1 Å². The van der Waals surface area contributed by atoms with Crippen LogP contribution in [0.2, 0.25) is 0 Å². The molecular formula is C23H32N8O. The van der Waals surface area contributed by atoms with E-state index < -0.39 is 6.98 Å². The van der Waals surface area contributed by atoms with Crippen LogP contribution >= 0.6 is 0 Å². The lowest BCUT2D eigenvalue weighted by atomic mass is 10.1. The molecule has 32 heavy (non-hydrogen) atoms. The molecule has 2 atom stereocenters. The summed E-state index contributed by atoms with van der Waals surface area (Å²) in [6.45, 7) is 1.00. The zero-order chi connectivity index (χ0) is 24.7. The van der Waals surface area contributed by atoms with Crippen molar-refractivity contribution in [1.29, 1.82) is 0 Å². The molecular weight excluding hydrogens is 404 g/mol. The second kappa shape index (κ2) is 8.63. The second-order valence-corrected chi connectivity index (χ2v) is 8.86. The number of hydrogen-bond acceptors (Lipinski definition) is 8. The maximum atomic E-state index is 9.93. The van der Waals surface area contributed by atoms with Gasteiger partial charge in [0.1, 0.15) is 16.9 Å². The minimum atomic E-state index is -2.05. The minimum Gasteiger partial charge on any atom is -0.393 e. The second-order valence-electron chi connectivity index (χ2n) is 8.86. The normalized spacial score (nSPS) is 24.4. The van der Waals surface area contributed by atoms with Gasteiger partial charge in [-0.05, 0) is 58.6 Å². The van der Waals surface area contributed by atoms with E-state index >= 15 is 0 Å². The van der Waals surface area contributed by atoms with Gasteiger partial charge in [0.15, 0.2) is 5.82 Å². The molecule has 1 saturated heterocycles. The summed E-state index contributed by atoms with van der Waals surface area (Å²) in [5.74, 6) is 1.05. The summed E-state index contributed by atoms with van der Waals surface area (Å²) < 4.78 is 24.8. The summed E-state index contributed by atoms with van der Waals surface area (Å²) in [5.41, 5.74) is 9.89. The van der Waals surface area contributed by atoms with E-state index in [-0.39, 0.29) is 18.2 Å². The summed E-state index contributed by atoms with van der Waals surface area (Å²) in [5, 5.41) is 18.0. The van der Waals surface area contributed by atoms with Crippen LogP contribution in [-0.2, 0) is 6.42 Å². The van der Waals surface area contributed by atoms with Crippen molar-refractivity contribution < 1.29 is 9.22 Å². The van der Waals surface area contributed by atoms with Crippen LogP contribution < -0.4 is 11.1 Å². The summed E-state index contributed by atoms with van der Waals surface area (Å²) in [7, 11) is 0. The third-order valence-corrected chi connectivity index (χ3v) is 6.63. The van der Waals surface area contributed by atoms with Crippen LogP contribution in [0.15, 0.2) is 18.6 Å². The van der Waals surface area contributed by atoms with Crippen molar-refractivity contribution in [2.75, 3.05) is 31.1 Å². The van der Waals surface area contributed by atoms with E-state index in [4.69, 9.17) is 19.8 Å². The largest absolute Gasteiger partial charge is 0.393 e. The van der Waals surface area contributed by atoms with Gasteiger partial charge in [0.05, 0.1) is 24.0 Å². The monoisotopic (exact) mass is 439 g/mol. The van der Waals surface area contributed by atoms with Crippen LogP contribution in [0.1, 0.15) is 54.9 Å². The van der Waals surface area contributed by atoms with Gasteiger partial charge in [-0.15, -0.1) is 0 Å². The number of likely N-dealkylation sites (tertiary alicyclic amines) is 1. The molecule has 0 amide bonds. The predicted octanol–water partition coefficient (Wildman–Crippen LogP) is 2.62. The standard InChI is InChI=1S/C23H32N8O/c1-3-19-23(27-15-4-5-17(32)10-15)29-20-18(12-25-22(24)21(20)28-19)14-11-26-31(13-14)16-6-8-30(2)9-7-16/h11-13,15-17,32H,3-10H2,1-2H3,(H2,24,25)(H,27,29)/t15-,17+/m1/s1/i2D3. The molecule has 0 aromatic carbocycles. The number of aryl methyl sites for hydroxylation is 1. The first kappa shape index (κ1) is 17.7. The lowest BCUT2D eigenvalue weighted by Crippen LogP contribution is -2.31. The van der Waals surface area contributed by atoms with Gasteiger partial charge in [0.25, 0.3) is 0 Å². The Morgan fingerprint density at radius 2 is 2.03 bits per heavy atom.